The molecule has 0 bridgehead atoms. The molecule has 0 aliphatic carbocycles. The molecule has 0 saturated carbocycles. The normalized spacial score (nSPS) is 14.1. The maximum Gasteiger partial charge on any atom is 0.274 e. The van der Waals surface area contributed by atoms with Crippen LogP contribution in [-0.2, 0) is 11.3 Å². The summed E-state index contributed by atoms with van der Waals surface area (Å²) in [4.78, 5) is 37.0. The van der Waals surface area contributed by atoms with Crippen LogP contribution in [0, 0.1) is 0 Å². The van der Waals surface area contributed by atoms with Gasteiger partial charge in [-0.05, 0) is 36.8 Å². The maximum absolute atomic E-state index is 12.8. The van der Waals surface area contributed by atoms with E-state index in [0.29, 0.717) is 77.9 Å². The quantitative estimate of drug-likeness (QED) is 0.415. The van der Waals surface area contributed by atoms with Gasteiger partial charge in [0.25, 0.3) is 5.56 Å². The second kappa shape index (κ2) is 9.79. The van der Waals surface area contributed by atoms with Gasteiger partial charge in [-0.1, -0.05) is 29.3 Å². The number of benzene rings is 2. The fourth-order valence-electron chi connectivity index (χ4n) is 4.62. The number of nitrogens with one attached hydrogen (secondary N) is 1. The third-order valence-corrected chi connectivity index (χ3v) is 7.29. The molecular weight excluding hydrogens is 489 g/mol. The molecule has 35 heavy (non-hydrogen) atoms. The number of rotatable bonds is 6. The van der Waals surface area contributed by atoms with Gasteiger partial charge in [-0.3, -0.25) is 9.59 Å². The number of pyridine rings is 1. The SMILES string of the molecule is COc1ccc2[nH]c(=O)c3c(ncn3CCCC(=O)N3CCN(c4cccc(Cl)c4Cl)CC3)c2c1. The van der Waals surface area contributed by atoms with E-state index in [1.165, 1.54) is 0 Å². The summed E-state index contributed by atoms with van der Waals surface area (Å²) < 4.78 is 7.13. The van der Waals surface area contributed by atoms with Crippen LogP contribution in [0.25, 0.3) is 21.9 Å². The van der Waals surface area contributed by atoms with E-state index < -0.39 is 0 Å². The molecule has 5 rings (SSSR count). The molecule has 0 radical (unpaired) electrons. The van der Waals surface area contributed by atoms with Crippen molar-refractivity contribution < 1.29 is 9.53 Å². The molecule has 2 aromatic carbocycles. The highest BCUT2D eigenvalue weighted by atomic mass is 35.5. The number of amides is 1. The van der Waals surface area contributed by atoms with Gasteiger partial charge in [0.15, 0.2) is 0 Å². The molecule has 8 nitrogen and oxygen atoms in total. The van der Waals surface area contributed by atoms with Crippen molar-refractivity contribution in [1.82, 2.24) is 19.4 Å². The Morgan fingerprint density at radius 1 is 1.14 bits per heavy atom. The predicted octanol–water partition coefficient (Wildman–Crippen LogP) is 4.32. The second-order valence-corrected chi connectivity index (χ2v) is 9.33. The number of hydrogen-bond acceptors (Lipinski definition) is 5. The van der Waals surface area contributed by atoms with Crippen LogP contribution in [0.2, 0.25) is 10.0 Å². The van der Waals surface area contributed by atoms with Gasteiger partial charge >= 0.3 is 0 Å². The molecule has 1 amide bonds. The first-order valence-electron chi connectivity index (χ1n) is 11.5. The van der Waals surface area contributed by atoms with Crippen molar-refractivity contribution in [2.45, 2.75) is 19.4 Å². The molecule has 3 heterocycles. The highest BCUT2D eigenvalue weighted by Gasteiger charge is 2.23. The number of aryl methyl sites for hydroxylation is 1. The van der Waals surface area contributed by atoms with Crippen LogP contribution in [0.1, 0.15) is 12.8 Å². The van der Waals surface area contributed by atoms with Gasteiger partial charge in [-0.2, -0.15) is 0 Å². The number of hydrogen-bond donors (Lipinski definition) is 1. The van der Waals surface area contributed by atoms with Crippen LogP contribution in [0.15, 0.2) is 47.5 Å². The Morgan fingerprint density at radius 2 is 1.94 bits per heavy atom. The van der Waals surface area contributed by atoms with Crippen LogP contribution in [0.3, 0.4) is 0 Å². The topological polar surface area (TPSA) is 83.5 Å². The van der Waals surface area contributed by atoms with E-state index in [4.69, 9.17) is 27.9 Å². The number of aromatic amines is 1. The number of aromatic nitrogens is 3. The number of imidazole rings is 1. The smallest absolute Gasteiger partial charge is 0.274 e. The molecule has 2 aromatic heterocycles. The number of piperazine rings is 1. The van der Waals surface area contributed by atoms with Crippen molar-refractivity contribution in [1.29, 1.82) is 0 Å². The number of H-pyrrole nitrogens is 1. The van der Waals surface area contributed by atoms with Crippen molar-refractivity contribution in [2.75, 3.05) is 38.2 Å². The Hall–Kier alpha value is -3.23. The number of carbonyl (C=O) groups excluding carboxylic acids is 1. The van der Waals surface area contributed by atoms with Crippen LogP contribution >= 0.6 is 23.2 Å². The molecule has 10 heteroatoms. The summed E-state index contributed by atoms with van der Waals surface area (Å²) in [5.41, 5.74) is 2.54. The van der Waals surface area contributed by atoms with Crippen LogP contribution in [0.5, 0.6) is 5.75 Å². The lowest BCUT2D eigenvalue weighted by atomic mass is 10.2. The Labute approximate surface area is 212 Å². The minimum atomic E-state index is -0.197. The number of anilines is 1. The molecule has 1 saturated heterocycles. The summed E-state index contributed by atoms with van der Waals surface area (Å²) in [5, 5.41) is 1.90. The molecule has 1 aliphatic rings. The molecular formula is C25H25Cl2N5O3. The third kappa shape index (κ3) is 4.56. The van der Waals surface area contributed by atoms with E-state index in [9.17, 15) is 9.59 Å². The second-order valence-electron chi connectivity index (χ2n) is 8.55. The first kappa shape index (κ1) is 23.5. The predicted molar refractivity (Wildman–Crippen MR) is 139 cm³/mol. The molecule has 182 valence electrons. The summed E-state index contributed by atoms with van der Waals surface area (Å²) in [6, 6.07) is 11.1. The zero-order chi connectivity index (χ0) is 24.5. The fraction of sp³-hybridized carbons (Fsp3) is 0.320. The number of halogens is 2. The lowest BCUT2D eigenvalue weighted by Crippen LogP contribution is -2.48. The number of fused-ring (bicyclic) bond motifs is 3. The van der Waals surface area contributed by atoms with Crippen molar-refractivity contribution in [3.8, 4) is 5.75 Å². The summed E-state index contributed by atoms with van der Waals surface area (Å²) in [5.74, 6) is 0.805. The van der Waals surface area contributed by atoms with Gasteiger partial charge in [0, 0.05) is 44.5 Å². The monoisotopic (exact) mass is 513 g/mol. The van der Waals surface area contributed by atoms with Crippen molar-refractivity contribution in [2.24, 2.45) is 0 Å². The molecule has 0 atom stereocenters. The Kier molecular flexibility index (Phi) is 6.58. The summed E-state index contributed by atoms with van der Waals surface area (Å²) in [6.45, 7) is 3.18. The molecule has 1 fully saturated rings. The van der Waals surface area contributed by atoms with Gasteiger partial charge in [-0.25, -0.2) is 4.98 Å². The zero-order valence-electron chi connectivity index (χ0n) is 19.3. The Balaban J connectivity index is 1.21. The van der Waals surface area contributed by atoms with E-state index >= 15 is 0 Å². The fourth-order valence-corrected chi connectivity index (χ4v) is 5.03. The van der Waals surface area contributed by atoms with Gasteiger partial charge in [-0.15, -0.1) is 0 Å². The van der Waals surface area contributed by atoms with Gasteiger partial charge in [0.1, 0.15) is 16.8 Å². The van der Waals surface area contributed by atoms with E-state index in [0.717, 1.165) is 11.1 Å². The first-order chi connectivity index (χ1) is 17.0. The van der Waals surface area contributed by atoms with E-state index in [-0.39, 0.29) is 11.5 Å². The number of ether oxygens (including phenoxy) is 1. The molecule has 0 unspecified atom stereocenters. The van der Waals surface area contributed by atoms with E-state index in [2.05, 4.69) is 14.9 Å². The van der Waals surface area contributed by atoms with Gasteiger partial charge < -0.3 is 24.1 Å². The van der Waals surface area contributed by atoms with Crippen LogP contribution in [0.4, 0.5) is 5.69 Å². The Morgan fingerprint density at radius 3 is 2.71 bits per heavy atom. The average molecular weight is 514 g/mol. The van der Waals surface area contributed by atoms with Crippen molar-refractivity contribution >= 4 is 56.7 Å². The van der Waals surface area contributed by atoms with Crippen molar-refractivity contribution in [3.63, 3.8) is 0 Å². The summed E-state index contributed by atoms with van der Waals surface area (Å²) in [6.07, 6.45) is 2.67. The lowest BCUT2D eigenvalue weighted by Gasteiger charge is -2.36. The molecule has 1 aliphatic heterocycles. The molecule has 1 N–H and O–H groups in total. The van der Waals surface area contributed by atoms with Crippen LogP contribution < -0.4 is 15.2 Å². The van der Waals surface area contributed by atoms with Gasteiger partial charge in [0.2, 0.25) is 5.91 Å². The highest BCUT2D eigenvalue weighted by Crippen LogP contribution is 2.33. The number of methoxy groups -OCH3 is 1. The first-order valence-corrected chi connectivity index (χ1v) is 12.2. The average Bonchev–Trinajstić information content (AvgIpc) is 3.30. The summed E-state index contributed by atoms with van der Waals surface area (Å²) >= 11 is 12.5. The molecule has 4 aromatic rings. The Bertz CT molecular complexity index is 1460. The largest absolute Gasteiger partial charge is 0.497 e. The number of nitrogens with zero attached hydrogens (tertiary/aromatic N) is 4. The van der Waals surface area contributed by atoms with E-state index in [1.807, 2.05) is 33.7 Å². The molecule has 0 spiro atoms. The summed E-state index contributed by atoms with van der Waals surface area (Å²) in [7, 11) is 1.60. The lowest BCUT2D eigenvalue weighted by molar-refractivity contribution is -0.131. The van der Waals surface area contributed by atoms with Gasteiger partial charge in [0.05, 0.1) is 34.7 Å². The minimum absolute atomic E-state index is 0.107. The number of carbonyl (C=O) groups is 1. The van der Waals surface area contributed by atoms with Crippen molar-refractivity contribution in [3.05, 3.63) is 63.1 Å². The van der Waals surface area contributed by atoms with Crippen LogP contribution in [-0.4, -0.2) is 58.6 Å². The third-order valence-electron chi connectivity index (χ3n) is 6.48. The van der Waals surface area contributed by atoms with E-state index in [1.54, 1.807) is 25.6 Å². The maximum atomic E-state index is 12.8. The zero-order valence-corrected chi connectivity index (χ0v) is 20.8. The standard InChI is InChI=1S/C25H25Cl2N5O3/c1-35-16-7-8-19-17(14-16)23-24(25(34)29-19)32(15-28-23)9-3-6-21(33)31-12-10-30(11-13-31)20-5-2-4-18(26)22(20)27/h2,4-5,7-8,14-15H,3,6,9-13H2,1H3,(H,29,34). The minimum Gasteiger partial charge on any atom is -0.497 e. The highest BCUT2D eigenvalue weighted by molar-refractivity contribution is 6.43.